The molecule has 0 spiro atoms. The van der Waals surface area contributed by atoms with E-state index in [1.807, 2.05) is 24.4 Å². The van der Waals surface area contributed by atoms with E-state index in [0.29, 0.717) is 10.8 Å². The second-order valence-electron chi connectivity index (χ2n) is 6.12. The van der Waals surface area contributed by atoms with Gasteiger partial charge in [-0.15, -0.1) is 6.42 Å². The molecule has 1 fully saturated rings. The lowest BCUT2D eigenvalue weighted by Crippen LogP contribution is -2.28. The largest absolute Gasteiger partial charge is 0.347 e. The maximum Gasteiger partial charge on any atom is 0.294 e. The quantitative estimate of drug-likeness (QED) is 0.626. The molecule has 0 bridgehead atoms. The number of aromatic nitrogens is 1. The first-order chi connectivity index (χ1) is 11.5. The van der Waals surface area contributed by atoms with Gasteiger partial charge < -0.3 is 4.57 Å². The standard InChI is InChI=1S/C19H18N2O2S/c1-4-9-21-18(22)17(24-19(21)23)10-14-12-20(11-13(2)3)16-8-6-5-7-15(14)16/h1,5-8,10,12-13H,9,11H2,2-3H3/b17-10-. The van der Waals surface area contributed by atoms with Gasteiger partial charge in [0.1, 0.15) is 0 Å². The summed E-state index contributed by atoms with van der Waals surface area (Å²) >= 11 is 0.942. The number of carbonyl (C=O) groups is 2. The molecule has 122 valence electrons. The van der Waals surface area contributed by atoms with Crippen molar-refractivity contribution < 1.29 is 9.59 Å². The van der Waals surface area contributed by atoms with Crippen LogP contribution in [0.5, 0.6) is 0 Å². The van der Waals surface area contributed by atoms with Crippen LogP contribution in [0.25, 0.3) is 17.0 Å². The van der Waals surface area contributed by atoms with Crippen molar-refractivity contribution in [1.29, 1.82) is 0 Å². The van der Waals surface area contributed by atoms with E-state index in [1.54, 1.807) is 6.08 Å². The Balaban J connectivity index is 2.03. The SMILES string of the molecule is C#CCN1C(=O)S/C(=C\c2cn(CC(C)C)c3ccccc23)C1=O. The van der Waals surface area contributed by atoms with Crippen LogP contribution in [0.1, 0.15) is 19.4 Å². The fourth-order valence-corrected chi connectivity index (χ4v) is 3.63. The summed E-state index contributed by atoms with van der Waals surface area (Å²) in [4.78, 5) is 25.8. The van der Waals surface area contributed by atoms with E-state index in [9.17, 15) is 9.59 Å². The fraction of sp³-hybridized carbons (Fsp3) is 0.263. The number of benzene rings is 1. The molecule has 2 aromatic rings. The Morgan fingerprint density at radius 2 is 2.04 bits per heavy atom. The molecule has 1 aromatic carbocycles. The second kappa shape index (κ2) is 6.58. The summed E-state index contributed by atoms with van der Waals surface area (Å²) in [6.45, 7) is 5.24. The fourth-order valence-electron chi connectivity index (χ4n) is 2.80. The maximum absolute atomic E-state index is 12.3. The highest BCUT2D eigenvalue weighted by Gasteiger charge is 2.34. The van der Waals surface area contributed by atoms with Crippen molar-refractivity contribution in [2.24, 2.45) is 5.92 Å². The van der Waals surface area contributed by atoms with E-state index in [-0.39, 0.29) is 17.7 Å². The van der Waals surface area contributed by atoms with Gasteiger partial charge in [-0.25, -0.2) is 0 Å². The molecule has 5 heteroatoms. The van der Waals surface area contributed by atoms with Crippen molar-refractivity contribution in [3.8, 4) is 12.3 Å². The number of terminal acetylenes is 1. The van der Waals surface area contributed by atoms with Crippen molar-refractivity contribution in [3.05, 3.63) is 40.9 Å². The Labute approximate surface area is 145 Å². The normalized spacial score (nSPS) is 16.6. The number of fused-ring (bicyclic) bond motifs is 1. The van der Waals surface area contributed by atoms with Gasteiger partial charge in [0.25, 0.3) is 11.1 Å². The zero-order valence-corrected chi connectivity index (χ0v) is 14.5. The number of amides is 2. The summed E-state index contributed by atoms with van der Waals surface area (Å²) in [7, 11) is 0. The lowest BCUT2D eigenvalue weighted by atomic mass is 10.1. The van der Waals surface area contributed by atoms with Crippen molar-refractivity contribution in [2.45, 2.75) is 20.4 Å². The molecule has 3 rings (SSSR count). The van der Waals surface area contributed by atoms with Crippen LogP contribution in [0.15, 0.2) is 35.4 Å². The molecule has 1 saturated heterocycles. The average molecular weight is 338 g/mol. The average Bonchev–Trinajstić information content (AvgIpc) is 3.01. The summed E-state index contributed by atoms with van der Waals surface area (Å²) in [5.41, 5.74) is 2.07. The summed E-state index contributed by atoms with van der Waals surface area (Å²) in [5.74, 6) is 2.54. The van der Waals surface area contributed by atoms with Crippen LogP contribution in [0.3, 0.4) is 0 Å². The van der Waals surface area contributed by atoms with Gasteiger partial charge in [0.2, 0.25) is 0 Å². The van der Waals surface area contributed by atoms with Crippen molar-refractivity contribution in [3.63, 3.8) is 0 Å². The highest BCUT2D eigenvalue weighted by atomic mass is 32.2. The first kappa shape index (κ1) is 16.4. The van der Waals surface area contributed by atoms with E-state index < -0.39 is 0 Å². The molecule has 4 nitrogen and oxygen atoms in total. The molecule has 2 heterocycles. The molecule has 24 heavy (non-hydrogen) atoms. The molecule has 0 atom stereocenters. The Kier molecular flexibility index (Phi) is 4.50. The minimum absolute atomic E-state index is 0.0110. The van der Waals surface area contributed by atoms with Crippen LogP contribution < -0.4 is 0 Å². The number of nitrogens with zero attached hydrogens (tertiary/aromatic N) is 2. The van der Waals surface area contributed by atoms with Crippen molar-refractivity contribution in [1.82, 2.24) is 9.47 Å². The molecule has 1 aliphatic rings. The number of hydrogen-bond donors (Lipinski definition) is 0. The van der Waals surface area contributed by atoms with Crippen LogP contribution >= 0.6 is 11.8 Å². The predicted molar refractivity (Wildman–Crippen MR) is 98.3 cm³/mol. The molecular formula is C19H18N2O2S. The van der Waals surface area contributed by atoms with Gasteiger partial charge in [0.15, 0.2) is 0 Å². The van der Waals surface area contributed by atoms with Gasteiger partial charge in [-0.2, -0.15) is 0 Å². The summed E-state index contributed by atoms with van der Waals surface area (Å²) in [6.07, 6.45) is 9.06. The van der Waals surface area contributed by atoms with Crippen LogP contribution in [0, 0.1) is 18.3 Å². The van der Waals surface area contributed by atoms with E-state index in [1.165, 1.54) is 0 Å². The minimum Gasteiger partial charge on any atom is -0.347 e. The smallest absolute Gasteiger partial charge is 0.294 e. The lowest BCUT2D eigenvalue weighted by molar-refractivity contribution is -0.122. The molecule has 0 N–H and O–H groups in total. The Morgan fingerprint density at radius 3 is 2.75 bits per heavy atom. The third-order valence-corrected chi connectivity index (χ3v) is 4.70. The number of thioether (sulfide) groups is 1. The first-order valence-corrected chi connectivity index (χ1v) is 8.59. The van der Waals surface area contributed by atoms with Crippen LogP contribution in [-0.4, -0.2) is 27.2 Å². The predicted octanol–water partition coefficient (Wildman–Crippen LogP) is 3.97. The zero-order chi connectivity index (χ0) is 17.3. The third-order valence-electron chi connectivity index (χ3n) is 3.79. The number of hydrogen-bond acceptors (Lipinski definition) is 3. The van der Waals surface area contributed by atoms with Crippen LogP contribution in [-0.2, 0) is 11.3 Å². The van der Waals surface area contributed by atoms with Gasteiger partial charge >= 0.3 is 0 Å². The molecule has 0 radical (unpaired) electrons. The van der Waals surface area contributed by atoms with Crippen molar-refractivity contribution in [2.75, 3.05) is 6.54 Å². The monoisotopic (exact) mass is 338 g/mol. The Hall–Kier alpha value is -2.45. The van der Waals surface area contributed by atoms with E-state index in [2.05, 4.69) is 30.4 Å². The number of carbonyl (C=O) groups excluding carboxylic acids is 2. The molecule has 1 aromatic heterocycles. The van der Waals surface area contributed by atoms with Gasteiger partial charge in [0.05, 0.1) is 11.4 Å². The van der Waals surface area contributed by atoms with Gasteiger partial charge in [-0.05, 0) is 29.8 Å². The van der Waals surface area contributed by atoms with Crippen molar-refractivity contribution >= 4 is 39.9 Å². The van der Waals surface area contributed by atoms with Crippen LogP contribution in [0.2, 0.25) is 0 Å². The maximum atomic E-state index is 12.3. The lowest BCUT2D eigenvalue weighted by Gasteiger charge is -2.07. The molecule has 0 unspecified atom stereocenters. The first-order valence-electron chi connectivity index (χ1n) is 7.78. The number of imide groups is 1. The number of rotatable bonds is 4. The van der Waals surface area contributed by atoms with Gasteiger partial charge in [-0.1, -0.05) is 38.0 Å². The van der Waals surface area contributed by atoms with Gasteiger partial charge in [-0.3, -0.25) is 14.5 Å². The van der Waals surface area contributed by atoms with Crippen LogP contribution in [0.4, 0.5) is 4.79 Å². The number of para-hydroxylation sites is 1. The topological polar surface area (TPSA) is 42.3 Å². The molecule has 1 aliphatic heterocycles. The Morgan fingerprint density at radius 1 is 1.29 bits per heavy atom. The van der Waals surface area contributed by atoms with E-state index in [4.69, 9.17) is 6.42 Å². The third kappa shape index (κ3) is 2.98. The zero-order valence-electron chi connectivity index (χ0n) is 13.7. The van der Waals surface area contributed by atoms with Gasteiger partial charge in [0, 0.05) is 29.2 Å². The molecule has 2 amide bonds. The van der Waals surface area contributed by atoms with E-state index in [0.717, 1.165) is 39.7 Å². The minimum atomic E-state index is -0.316. The molecule has 0 saturated carbocycles. The Bertz CT molecular complexity index is 886. The second-order valence-corrected chi connectivity index (χ2v) is 7.11. The van der Waals surface area contributed by atoms with E-state index >= 15 is 0 Å². The summed E-state index contributed by atoms with van der Waals surface area (Å²) in [5, 5.41) is 0.761. The summed E-state index contributed by atoms with van der Waals surface area (Å²) < 4.78 is 2.19. The highest BCUT2D eigenvalue weighted by Crippen LogP contribution is 2.34. The molecular weight excluding hydrogens is 320 g/mol. The highest BCUT2D eigenvalue weighted by molar-refractivity contribution is 8.18. The summed E-state index contributed by atoms with van der Waals surface area (Å²) in [6, 6.07) is 8.08. The molecule has 0 aliphatic carbocycles.